The summed E-state index contributed by atoms with van der Waals surface area (Å²) in [6, 6.07) is 11.3. The van der Waals surface area contributed by atoms with Gasteiger partial charge in [0.15, 0.2) is 0 Å². The van der Waals surface area contributed by atoms with Gasteiger partial charge in [-0.15, -0.1) is 0 Å². The fourth-order valence-corrected chi connectivity index (χ4v) is 5.04. The van der Waals surface area contributed by atoms with Crippen molar-refractivity contribution >= 4 is 11.8 Å². The highest BCUT2D eigenvalue weighted by Gasteiger charge is 2.51. The van der Waals surface area contributed by atoms with Crippen molar-refractivity contribution in [2.45, 2.75) is 57.6 Å². The van der Waals surface area contributed by atoms with Gasteiger partial charge >= 0.3 is 0 Å². The topological polar surface area (TPSA) is 101 Å². The summed E-state index contributed by atoms with van der Waals surface area (Å²) in [6.45, 7) is 4.64. The highest BCUT2D eigenvalue weighted by atomic mass is 16.5. The second kappa shape index (κ2) is 8.77. The van der Waals surface area contributed by atoms with E-state index in [1.807, 2.05) is 38.1 Å². The molecule has 2 aromatic rings. The SMILES string of the molecule is Cc1cc(Cc2ccc(C(=O)NC3C[C@@]4(CCCO4)CC3C(=O)NO)cc2)cc(C)n1. The number of rotatable bonds is 5. The van der Waals surface area contributed by atoms with Gasteiger partial charge in [0.1, 0.15) is 0 Å². The van der Waals surface area contributed by atoms with Crippen LogP contribution < -0.4 is 10.8 Å². The Morgan fingerprint density at radius 1 is 1.13 bits per heavy atom. The molecule has 1 spiro atoms. The lowest BCUT2D eigenvalue weighted by Gasteiger charge is -2.22. The Bertz CT molecular complexity index is 947. The van der Waals surface area contributed by atoms with Gasteiger partial charge in [-0.2, -0.15) is 0 Å². The molecule has 1 aliphatic carbocycles. The molecule has 31 heavy (non-hydrogen) atoms. The maximum Gasteiger partial charge on any atom is 0.251 e. The number of ether oxygens (including phenoxy) is 1. The smallest absolute Gasteiger partial charge is 0.251 e. The molecule has 2 unspecified atom stereocenters. The van der Waals surface area contributed by atoms with E-state index < -0.39 is 11.8 Å². The second-order valence-corrected chi connectivity index (χ2v) is 8.84. The minimum Gasteiger partial charge on any atom is -0.375 e. The average molecular weight is 424 g/mol. The van der Waals surface area contributed by atoms with Crippen molar-refractivity contribution in [3.05, 3.63) is 64.5 Å². The number of carbonyl (C=O) groups is 2. The summed E-state index contributed by atoms with van der Waals surface area (Å²) in [5.41, 5.74) is 6.20. The minimum absolute atomic E-state index is 0.224. The summed E-state index contributed by atoms with van der Waals surface area (Å²) in [5, 5.41) is 12.1. The van der Waals surface area contributed by atoms with Crippen LogP contribution in [0.1, 0.15) is 58.6 Å². The Balaban J connectivity index is 1.43. The fourth-order valence-electron chi connectivity index (χ4n) is 5.04. The number of aromatic nitrogens is 1. The quantitative estimate of drug-likeness (QED) is 0.507. The van der Waals surface area contributed by atoms with Crippen molar-refractivity contribution in [1.82, 2.24) is 15.8 Å². The number of hydrogen-bond donors (Lipinski definition) is 3. The van der Waals surface area contributed by atoms with Crippen LogP contribution in [0.4, 0.5) is 0 Å². The molecule has 3 N–H and O–H groups in total. The lowest BCUT2D eigenvalue weighted by Crippen LogP contribution is -2.43. The van der Waals surface area contributed by atoms with Crippen molar-refractivity contribution in [3.8, 4) is 0 Å². The van der Waals surface area contributed by atoms with Crippen LogP contribution in [0, 0.1) is 19.8 Å². The summed E-state index contributed by atoms with van der Waals surface area (Å²) < 4.78 is 5.92. The van der Waals surface area contributed by atoms with Crippen LogP contribution in [-0.4, -0.2) is 40.3 Å². The van der Waals surface area contributed by atoms with Crippen molar-refractivity contribution in [3.63, 3.8) is 0 Å². The van der Waals surface area contributed by atoms with Crippen LogP contribution in [0.15, 0.2) is 36.4 Å². The van der Waals surface area contributed by atoms with E-state index in [4.69, 9.17) is 9.94 Å². The Morgan fingerprint density at radius 3 is 2.45 bits per heavy atom. The third-order valence-corrected chi connectivity index (χ3v) is 6.38. The number of pyridine rings is 1. The largest absolute Gasteiger partial charge is 0.375 e. The minimum atomic E-state index is -0.510. The fraction of sp³-hybridized carbons (Fsp3) is 0.458. The molecule has 1 aromatic carbocycles. The lowest BCUT2D eigenvalue weighted by atomic mass is 9.96. The number of nitrogens with one attached hydrogen (secondary N) is 2. The molecular formula is C24H29N3O4. The molecule has 7 heteroatoms. The summed E-state index contributed by atoms with van der Waals surface area (Å²) in [6.07, 6.45) is 3.68. The van der Waals surface area contributed by atoms with Crippen LogP contribution in [0.3, 0.4) is 0 Å². The molecule has 2 amide bonds. The molecule has 3 atom stereocenters. The van der Waals surface area contributed by atoms with Crippen LogP contribution in [-0.2, 0) is 16.0 Å². The van der Waals surface area contributed by atoms with Gasteiger partial charge < -0.3 is 10.1 Å². The molecule has 1 saturated heterocycles. The van der Waals surface area contributed by atoms with Gasteiger partial charge in [0.25, 0.3) is 5.91 Å². The molecule has 4 rings (SSSR count). The Kier molecular flexibility index (Phi) is 6.07. The third kappa shape index (κ3) is 4.78. The predicted octanol–water partition coefficient (Wildman–Crippen LogP) is 2.85. The van der Waals surface area contributed by atoms with E-state index in [-0.39, 0.29) is 17.6 Å². The Hall–Kier alpha value is -2.77. The number of nitrogens with zero attached hydrogens (tertiary/aromatic N) is 1. The van der Waals surface area contributed by atoms with E-state index in [0.717, 1.165) is 36.2 Å². The molecular weight excluding hydrogens is 394 g/mol. The predicted molar refractivity (Wildman–Crippen MR) is 115 cm³/mol. The number of aryl methyl sites for hydroxylation is 2. The average Bonchev–Trinajstić information content (AvgIpc) is 3.33. The third-order valence-electron chi connectivity index (χ3n) is 6.38. The van der Waals surface area contributed by atoms with E-state index in [1.54, 1.807) is 5.48 Å². The summed E-state index contributed by atoms with van der Waals surface area (Å²) in [7, 11) is 0. The first-order chi connectivity index (χ1) is 14.9. The molecule has 164 valence electrons. The van der Waals surface area contributed by atoms with Crippen molar-refractivity contribution in [2.24, 2.45) is 5.92 Å². The number of benzene rings is 1. The van der Waals surface area contributed by atoms with Crippen molar-refractivity contribution in [1.29, 1.82) is 0 Å². The first kappa shape index (κ1) is 21.5. The van der Waals surface area contributed by atoms with E-state index >= 15 is 0 Å². The highest BCUT2D eigenvalue weighted by molar-refractivity contribution is 5.95. The number of hydroxylamine groups is 1. The Labute approximate surface area is 182 Å². The van der Waals surface area contributed by atoms with Gasteiger partial charge in [-0.25, -0.2) is 5.48 Å². The van der Waals surface area contributed by atoms with Gasteiger partial charge in [0.2, 0.25) is 5.91 Å². The normalized spacial score (nSPS) is 25.0. The zero-order valence-corrected chi connectivity index (χ0v) is 18.0. The van der Waals surface area contributed by atoms with Crippen molar-refractivity contribution < 1.29 is 19.5 Å². The van der Waals surface area contributed by atoms with E-state index in [0.29, 0.717) is 25.0 Å². The molecule has 1 aliphatic heterocycles. The molecule has 2 aliphatic rings. The van der Waals surface area contributed by atoms with Crippen LogP contribution >= 0.6 is 0 Å². The summed E-state index contributed by atoms with van der Waals surface area (Å²) in [5.74, 6) is -1.21. The van der Waals surface area contributed by atoms with Gasteiger partial charge in [-0.05, 0) is 81.3 Å². The van der Waals surface area contributed by atoms with E-state index in [2.05, 4.69) is 22.4 Å². The number of hydrogen-bond acceptors (Lipinski definition) is 5. The highest BCUT2D eigenvalue weighted by Crippen LogP contribution is 2.44. The van der Waals surface area contributed by atoms with Crippen LogP contribution in [0.25, 0.3) is 0 Å². The van der Waals surface area contributed by atoms with Crippen LogP contribution in [0.2, 0.25) is 0 Å². The second-order valence-electron chi connectivity index (χ2n) is 8.84. The van der Waals surface area contributed by atoms with Gasteiger partial charge in [-0.3, -0.25) is 19.8 Å². The monoisotopic (exact) mass is 423 g/mol. The van der Waals surface area contributed by atoms with E-state index in [9.17, 15) is 9.59 Å². The lowest BCUT2D eigenvalue weighted by molar-refractivity contribution is -0.134. The molecule has 1 saturated carbocycles. The molecule has 2 heterocycles. The van der Waals surface area contributed by atoms with Gasteiger partial charge in [0.05, 0.1) is 11.5 Å². The standard InChI is InChI=1S/C24H29N3O4/c1-15-10-18(11-16(2)25-15)12-17-4-6-19(7-5-17)22(28)26-21-14-24(8-3-9-31-24)13-20(21)23(29)27-30/h4-7,10-11,20-21,30H,3,8-9,12-14H2,1-2H3,(H,26,28)(H,27,29)/t20?,21?,24-/m1/s1. The first-order valence-corrected chi connectivity index (χ1v) is 10.8. The summed E-state index contributed by atoms with van der Waals surface area (Å²) >= 11 is 0. The molecule has 2 fully saturated rings. The zero-order valence-electron chi connectivity index (χ0n) is 18.0. The van der Waals surface area contributed by atoms with Gasteiger partial charge in [-0.1, -0.05) is 12.1 Å². The zero-order chi connectivity index (χ0) is 22.0. The molecule has 1 aromatic heterocycles. The molecule has 7 nitrogen and oxygen atoms in total. The molecule has 0 bridgehead atoms. The number of carbonyl (C=O) groups excluding carboxylic acids is 2. The van der Waals surface area contributed by atoms with Gasteiger partial charge in [0, 0.05) is 29.6 Å². The summed E-state index contributed by atoms with van der Waals surface area (Å²) in [4.78, 5) is 29.4. The van der Waals surface area contributed by atoms with E-state index in [1.165, 1.54) is 5.56 Å². The maximum atomic E-state index is 12.9. The Morgan fingerprint density at radius 2 is 1.84 bits per heavy atom. The molecule has 0 radical (unpaired) electrons. The van der Waals surface area contributed by atoms with Crippen molar-refractivity contribution in [2.75, 3.05) is 6.61 Å². The van der Waals surface area contributed by atoms with Crippen LogP contribution in [0.5, 0.6) is 0 Å². The first-order valence-electron chi connectivity index (χ1n) is 10.8. The number of amides is 2. The maximum absolute atomic E-state index is 12.9.